The molecule has 0 bridgehead atoms. The van der Waals surface area contributed by atoms with Crippen LogP contribution in [0.15, 0.2) is 0 Å². The smallest absolute Gasteiger partial charge is 0.330 e. The first-order valence-electron chi connectivity index (χ1n) is 5.86. The van der Waals surface area contributed by atoms with Crippen molar-refractivity contribution in [2.24, 2.45) is 0 Å². The molecule has 0 unspecified atom stereocenters. The van der Waals surface area contributed by atoms with Gasteiger partial charge in [-0.05, 0) is 26.4 Å². The molecule has 0 aromatic rings. The van der Waals surface area contributed by atoms with E-state index in [9.17, 15) is 14.4 Å². The highest BCUT2D eigenvalue weighted by atomic mass is 16.7. The van der Waals surface area contributed by atoms with Gasteiger partial charge in [0.25, 0.3) is 11.8 Å². The highest BCUT2D eigenvalue weighted by molar-refractivity contribution is 6.01. The van der Waals surface area contributed by atoms with E-state index >= 15 is 0 Å². The van der Waals surface area contributed by atoms with Crippen LogP contribution in [-0.2, 0) is 19.2 Å². The van der Waals surface area contributed by atoms with Gasteiger partial charge in [-0.1, -0.05) is 6.42 Å². The van der Waals surface area contributed by atoms with Crippen LogP contribution < -0.4 is 5.32 Å². The Hall–Kier alpha value is -1.43. The van der Waals surface area contributed by atoms with Crippen LogP contribution in [0.2, 0.25) is 0 Å². The van der Waals surface area contributed by atoms with Crippen molar-refractivity contribution in [3.8, 4) is 0 Å². The third-order valence-electron chi connectivity index (χ3n) is 2.51. The van der Waals surface area contributed by atoms with E-state index in [0.29, 0.717) is 11.5 Å². The van der Waals surface area contributed by atoms with E-state index in [1.807, 2.05) is 7.05 Å². The molecule has 1 rings (SSSR count). The molecule has 96 valence electrons. The summed E-state index contributed by atoms with van der Waals surface area (Å²) in [4.78, 5) is 38.4. The maximum atomic E-state index is 11.3. The van der Waals surface area contributed by atoms with Gasteiger partial charge in [0.2, 0.25) is 0 Å². The zero-order chi connectivity index (χ0) is 12.7. The molecule has 0 aromatic heterocycles. The van der Waals surface area contributed by atoms with E-state index in [2.05, 4.69) is 5.32 Å². The van der Waals surface area contributed by atoms with Gasteiger partial charge in [0.05, 0.1) is 0 Å². The van der Waals surface area contributed by atoms with Crippen molar-refractivity contribution < 1.29 is 19.2 Å². The number of hydroxylamine groups is 2. The van der Waals surface area contributed by atoms with Crippen LogP contribution in [0.3, 0.4) is 0 Å². The summed E-state index contributed by atoms with van der Waals surface area (Å²) in [5.74, 6) is -1.38. The fourth-order valence-electron chi connectivity index (χ4n) is 1.55. The van der Waals surface area contributed by atoms with E-state index in [-0.39, 0.29) is 19.3 Å². The fourth-order valence-corrected chi connectivity index (χ4v) is 1.55. The largest absolute Gasteiger partial charge is 0.333 e. The minimum atomic E-state index is -0.516. The zero-order valence-corrected chi connectivity index (χ0v) is 10.0. The lowest BCUT2D eigenvalue weighted by Crippen LogP contribution is -2.31. The summed E-state index contributed by atoms with van der Waals surface area (Å²) in [6, 6.07) is 0. The molecule has 1 fully saturated rings. The number of imide groups is 1. The van der Waals surface area contributed by atoms with E-state index < -0.39 is 17.8 Å². The maximum Gasteiger partial charge on any atom is 0.333 e. The number of hydrogen-bond acceptors (Lipinski definition) is 5. The van der Waals surface area contributed by atoms with Gasteiger partial charge in [0.1, 0.15) is 0 Å². The van der Waals surface area contributed by atoms with E-state index in [1.165, 1.54) is 0 Å². The Labute approximate surface area is 100 Å². The molecule has 0 aromatic carbocycles. The number of nitrogens with zero attached hydrogens (tertiary/aromatic N) is 1. The molecule has 0 atom stereocenters. The van der Waals surface area contributed by atoms with Crippen LogP contribution in [-0.4, -0.2) is 36.4 Å². The average molecular weight is 242 g/mol. The number of unbranched alkanes of at least 4 members (excludes halogenated alkanes) is 2. The quantitative estimate of drug-likeness (QED) is 0.515. The summed E-state index contributed by atoms with van der Waals surface area (Å²) in [6.45, 7) is 0.915. The van der Waals surface area contributed by atoms with Crippen molar-refractivity contribution in [1.29, 1.82) is 0 Å². The van der Waals surface area contributed by atoms with Gasteiger partial charge in [-0.2, -0.15) is 0 Å². The number of amides is 2. The van der Waals surface area contributed by atoms with Gasteiger partial charge in [-0.25, -0.2) is 4.79 Å². The topological polar surface area (TPSA) is 75.7 Å². The standard InChI is InChI=1S/C11H18N2O4/c1-12-8-4-2-3-5-11(16)17-13-9(14)6-7-10(13)15/h12H,2-8H2,1H3. The lowest BCUT2D eigenvalue weighted by molar-refractivity contribution is -0.197. The van der Waals surface area contributed by atoms with Gasteiger partial charge in [0, 0.05) is 19.3 Å². The van der Waals surface area contributed by atoms with Crippen LogP contribution in [0, 0.1) is 0 Å². The second-order valence-corrected chi connectivity index (χ2v) is 3.96. The molecule has 1 heterocycles. The Morgan fingerprint density at radius 3 is 2.47 bits per heavy atom. The van der Waals surface area contributed by atoms with Crippen LogP contribution >= 0.6 is 0 Å². The van der Waals surface area contributed by atoms with E-state index in [1.54, 1.807) is 0 Å². The molecule has 2 amide bonds. The lowest BCUT2D eigenvalue weighted by Gasteiger charge is -2.12. The number of carbonyl (C=O) groups is 3. The molecular weight excluding hydrogens is 224 g/mol. The maximum absolute atomic E-state index is 11.3. The van der Waals surface area contributed by atoms with Crippen LogP contribution in [0.5, 0.6) is 0 Å². The Kier molecular flexibility index (Phi) is 5.62. The van der Waals surface area contributed by atoms with Crippen molar-refractivity contribution >= 4 is 17.8 Å². The Bertz CT molecular complexity index is 288. The Morgan fingerprint density at radius 1 is 1.24 bits per heavy atom. The normalized spacial score (nSPS) is 15.5. The minimum Gasteiger partial charge on any atom is -0.330 e. The molecule has 0 aliphatic carbocycles. The summed E-state index contributed by atoms with van der Waals surface area (Å²) in [5, 5.41) is 3.61. The fraction of sp³-hybridized carbons (Fsp3) is 0.727. The number of rotatable bonds is 7. The summed E-state index contributed by atoms with van der Waals surface area (Å²) in [6.07, 6.45) is 3.11. The molecule has 1 aliphatic rings. The molecular formula is C11H18N2O4. The third kappa shape index (κ3) is 4.52. The highest BCUT2D eigenvalue weighted by Crippen LogP contribution is 2.13. The summed E-state index contributed by atoms with van der Waals surface area (Å²) in [7, 11) is 1.87. The predicted molar refractivity (Wildman–Crippen MR) is 59.6 cm³/mol. The molecule has 0 radical (unpaired) electrons. The first-order valence-corrected chi connectivity index (χ1v) is 5.86. The second kappa shape index (κ2) is 7.01. The average Bonchev–Trinajstić information content (AvgIpc) is 2.60. The van der Waals surface area contributed by atoms with Crippen LogP contribution in [0.1, 0.15) is 38.5 Å². The second-order valence-electron chi connectivity index (χ2n) is 3.96. The van der Waals surface area contributed by atoms with E-state index in [0.717, 1.165) is 19.4 Å². The van der Waals surface area contributed by atoms with Crippen molar-refractivity contribution in [3.63, 3.8) is 0 Å². The van der Waals surface area contributed by atoms with Crippen molar-refractivity contribution in [2.45, 2.75) is 38.5 Å². The molecule has 6 nitrogen and oxygen atoms in total. The number of carbonyl (C=O) groups excluding carboxylic acids is 3. The van der Waals surface area contributed by atoms with Gasteiger partial charge >= 0.3 is 5.97 Å². The predicted octanol–water partition coefficient (Wildman–Crippen LogP) is 0.373. The Balaban J connectivity index is 2.16. The van der Waals surface area contributed by atoms with E-state index in [4.69, 9.17) is 4.84 Å². The van der Waals surface area contributed by atoms with Gasteiger partial charge in [-0.3, -0.25) is 9.59 Å². The third-order valence-corrected chi connectivity index (χ3v) is 2.51. The van der Waals surface area contributed by atoms with Crippen LogP contribution in [0.25, 0.3) is 0 Å². The molecule has 17 heavy (non-hydrogen) atoms. The first-order chi connectivity index (χ1) is 8.15. The van der Waals surface area contributed by atoms with Crippen molar-refractivity contribution in [3.05, 3.63) is 0 Å². The molecule has 1 saturated heterocycles. The molecule has 1 aliphatic heterocycles. The molecule has 1 N–H and O–H groups in total. The SMILES string of the molecule is CNCCCCCC(=O)ON1C(=O)CCC1=O. The first kappa shape index (κ1) is 13.6. The molecule has 0 saturated carbocycles. The number of hydrogen-bond donors (Lipinski definition) is 1. The van der Waals surface area contributed by atoms with Gasteiger partial charge in [0.15, 0.2) is 0 Å². The highest BCUT2D eigenvalue weighted by Gasteiger charge is 2.32. The Morgan fingerprint density at radius 2 is 1.88 bits per heavy atom. The number of nitrogens with one attached hydrogen (secondary N) is 1. The zero-order valence-electron chi connectivity index (χ0n) is 10.0. The summed E-state index contributed by atoms with van der Waals surface area (Å²) in [5.41, 5.74) is 0. The van der Waals surface area contributed by atoms with Gasteiger partial charge < -0.3 is 10.2 Å². The molecule has 0 spiro atoms. The summed E-state index contributed by atoms with van der Waals surface area (Å²) < 4.78 is 0. The van der Waals surface area contributed by atoms with Gasteiger partial charge in [-0.15, -0.1) is 5.06 Å². The minimum absolute atomic E-state index is 0.133. The molecule has 6 heteroatoms. The summed E-state index contributed by atoms with van der Waals surface area (Å²) >= 11 is 0. The monoisotopic (exact) mass is 242 g/mol. The lowest BCUT2D eigenvalue weighted by atomic mass is 10.2. The van der Waals surface area contributed by atoms with Crippen LogP contribution in [0.4, 0.5) is 0 Å². The van der Waals surface area contributed by atoms with Crippen molar-refractivity contribution in [1.82, 2.24) is 10.4 Å². The van der Waals surface area contributed by atoms with Crippen molar-refractivity contribution in [2.75, 3.05) is 13.6 Å².